The van der Waals surface area contributed by atoms with Gasteiger partial charge in [0.25, 0.3) is 0 Å². The van der Waals surface area contributed by atoms with Crippen LogP contribution in [0.15, 0.2) is 36.4 Å². The molecule has 0 aliphatic rings. The van der Waals surface area contributed by atoms with Crippen LogP contribution in [0.5, 0.6) is 0 Å². The van der Waals surface area contributed by atoms with E-state index in [-0.39, 0.29) is 11.1 Å². The van der Waals surface area contributed by atoms with Crippen LogP contribution in [0.3, 0.4) is 0 Å². The molecule has 0 radical (unpaired) electrons. The van der Waals surface area contributed by atoms with Gasteiger partial charge in [0.05, 0.1) is 16.7 Å². The Labute approximate surface area is 133 Å². The summed E-state index contributed by atoms with van der Waals surface area (Å²) in [6.45, 7) is 2.44. The van der Waals surface area contributed by atoms with Crippen molar-refractivity contribution in [3.05, 3.63) is 69.0 Å². The number of nitrogens with one attached hydrogen (secondary N) is 1. The third-order valence-corrected chi connectivity index (χ3v) is 3.79. The predicted octanol–water partition coefficient (Wildman–Crippen LogP) is 4.85. The molecule has 0 aliphatic carbocycles. The highest BCUT2D eigenvalue weighted by atomic mass is 35.5. The summed E-state index contributed by atoms with van der Waals surface area (Å²) in [4.78, 5) is 0. The molecule has 0 amide bonds. The van der Waals surface area contributed by atoms with Crippen LogP contribution in [0, 0.1) is 17.1 Å². The van der Waals surface area contributed by atoms with Crippen molar-refractivity contribution in [1.29, 1.82) is 5.26 Å². The van der Waals surface area contributed by atoms with E-state index in [0.29, 0.717) is 22.7 Å². The highest BCUT2D eigenvalue weighted by Gasteiger charge is 2.13. The molecule has 21 heavy (non-hydrogen) atoms. The molecule has 0 spiro atoms. The topological polar surface area (TPSA) is 35.8 Å². The largest absolute Gasteiger partial charge is 0.306 e. The number of hydrogen-bond acceptors (Lipinski definition) is 2. The maximum atomic E-state index is 13.5. The molecule has 2 rings (SSSR count). The molecule has 2 nitrogen and oxygen atoms in total. The van der Waals surface area contributed by atoms with Gasteiger partial charge in [0.15, 0.2) is 0 Å². The van der Waals surface area contributed by atoms with Crippen molar-refractivity contribution >= 4 is 23.2 Å². The van der Waals surface area contributed by atoms with Crippen LogP contribution < -0.4 is 5.32 Å². The molecule has 1 unspecified atom stereocenters. The second-order valence-electron chi connectivity index (χ2n) is 4.70. The summed E-state index contributed by atoms with van der Waals surface area (Å²) < 4.78 is 13.5. The Bertz CT molecular complexity index is 695. The van der Waals surface area contributed by atoms with E-state index in [1.54, 1.807) is 6.07 Å². The minimum atomic E-state index is -0.490. The quantitative estimate of drug-likeness (QED) is 0.816. The first-order valence-electron chi connectivity index (χ1n) is 6.38. The predicted molar refractivity (Wildman–Crippen MR) is 82.8 cm³/mol. The fourth-order valence-electron chi connectivity index (χ4n) is 2.00. The molecule has 1 N–H and O–H groups in total. The van der Waals surface area contributed by atoms with Gasteiger partial charge in [-0.25, -0.2) is 4.39 Å². The smallest absolute Gasteiger partial charge is 0.142 e. The Morgan fingerprint density at radius 1 is 1.24 bits per heavy atom. The molecule has 0 heterocycles. The van der Waals surface area contributed by atoms with Crippen molar-refractivity contribution in [2.45, 2.75) is 19.5 Å². The van der Waals surface area contributed by atoms with Gasteiger partial charge in [0, 0.05) is 17.6 Å². The van der Waals surface area contributed by atoms with Gasteiger partial charge in [-0.05, 0) is 42.3 Å². The molecule has 0 aliphatic heterocycles. The van der Waals surface area contributed by atoms with Crippen molar-refractivity contribution in [3.63, 3.8) is 0 Å². The minimum absolute atomic E-state index is 0.0117. The standard InChI is InChI=1S/C16H13Cl2FN2/c1-10(13-6-16(19)15(18)7-14(13)17)21-9-12-4-2-3-11(5-12)8-20/h2-7,10,21H,9H2,1H3. The zero-order valence-electron chi connectivity index (χ0n) is 11.3. The van der Waals surface area contributed by atoms with Crippen LogP contribution in [0.4, 0.5) is 4.39 Å². The van der Waals surface area contributed by atoms with Crippen molar-refractivity contribution in [3.8, 4) is 6.07 Å². The maximum Gasteiger partial charge on any atom is 0.142 e. The lowest BCUT2D eigenvalue weighted by Gasteiger charge is -2.16. The first-order chi connectivity index (χ1) is 10.0. The van der Waals surface area contributed by atoms with Gasteiger partial charge >= 0.3 is 0 Å². The molecule has 5 heteroatoms. The summed E-state index contributed by atoms with van der Waals surface area (Å²) in [5.74, 6) is -0.490. The monoisotopic (exact) mass is 322 g/mol. The third kappa shape index (κ3) is 3.95. The van der Waals surface area contributed by atoms with E-state index in [9.17, 15) is 4.39 Å². The zero-order chi connectivity index (χ0) is 15.4. The van der Waals surface area contributed by atoms with E-state index in [4.69, 9.17) is 28.5 Å². The summed E-state index contributed by atoms with van der Waals surface area (Å²) in [6.07, 6.45) is 0. The van der Waals surface area contributed by atoms with E-state index in [0.717, 1.165) is 5.56 Å². The molecular formula is C16H13Cl2FN2. The van der Waals surface area contributed by atoms with E-state index in [1.165, 1.54) is 12.1 Å². The third-order valence-electron chi connectivity index (χ3n) is 3.17. The minimum Gasteiger partial charge on any atom is -0.306 e. The normalized spacial score (nSPS) is 12.0. The van der Waals surface area contributed by atoms with E-state index < -0.39 is 5.82 Å². The van der Waals surface area contributed by atoms with Gasteiger partial charge in [-0.2, -0.15) is 5.26 Å². The summed E-state index contributed by atoms with van der Waals surface area (Å²) >= 11 is 11.8. The molecule has 0 bridgehead atoms. The Hall–Kier alpha value is -1.60. The van der Waals surface area contributed by atoms with Gasteiger partial charge in [0.1, 0.15) is 5.82 Å². The number of benzene rings is 2. The molecule has 1 atom stereocenters. The summed E-state index contributed by atoms with van der Waals surface area (Å²) in [5, 5.41) is 12.6. The maximum absolute atomic E-state index is 13.5. The lowest BCUT2D eigenvalue weighted by molar-refractivity contribution is 0.565. The molecule has 108 valence electrons. The molecule has 2 aromatic rings. The average molecular weight is 323 g/mol. The van der Waals surface area contributed by atoms with Gasteiger partial charge in [0.2, 0.25) is 0 Å². The first kappa shape index (κ1) is 15.8. The fourth-order valence-corrected chi connectivity index (χ4v) is 2.55. The van der Waals surface area contributed by atoms with Crippen LogP contribution in [0.2, 0.25) is 10.0 Å². The van der Waals surface area contributed by atoms with E-state index in [2.05, 4.69) is 11.4 Å². The second kappa shape index (κ2) is 6.91. The first-order valence-corrected chi connectivity index (χ1v) is 7.13. The Balaban J connectivity index is 2.10. The molecule has 0 fully saturated rings. The number of halogens is 3. The van der Waals surface area contributed by atoms with Crippen LogP contribution in [0.1, 0.15) is 29.7 Å². The summed E-state index contributed by atoms with van der Waals surface area (Å²) in [5.41, 5.74) is 2.24. The van der Waals surface area contributed by atoms with Gasteiger partial charge in [-0.15, -0.1) is 0 Å². The van der Waals surface area contributed by atoms with Crippen molar-refractivity contribution in [2.75, 3.05) is 0 Å². The lowest BCUT2D eigenvalue weighted by atomic mass is 10.1. The number of rotatable bonds is 4. The van der Waals surface area contributed by atoms with Crippen LogP contribution in [0.25, 0.3) is 0 Å². The van der Waals surface area contributed by atoms with Crippen molar-refractivity contribution in [1.82, 2.24) is 5.32 Å². The number of hydrogen-bond donors (Lipinski definition) is 1. The van der Waals surface area contributed by atoms with Crippen LogP contribution >= 0.6 is 23.2 Å². The molecular weight excluding hydrogens is 310 g/mol. The second-order valence-corrected chi connectivity index (χ2v) is 5.52. The molecule has 0 saturated heterocycles. The summed E-state index contributed by atoms with van der Waals surface area (Å²) in [6, 6.07) is 12.0. The Kier molecular flexibility index (Phi) is 5.19. The van der Waals surface area contributed by atoms with E-state index >= 15 is 0 Å². The molecule has 0 aromatic heterocycles. The zero-order valence-corrected chi connectivity index (χ0v) is 12.8. The highest BCUT2D eigenvalue weighted by Crippen LogP contribution is 2.28. The molecule has 2 aromatic carbocycles. The van der Waals surface area contributed by atoms with E-state index in [1.807, 2.05) is 25.1 Å². The Morgan fingerprint density at radius 2 is 2.00 bits per heavy atom. The average Bonchev–Trinajstić information content (AvgIpc) is 2.48. The van der Waals surface area contributed by atoms with Crippen molar-refractivity contribution < 1.29 is 4.39 Å². The highest BCUT2D eigenvalue weighted by molar-refractivity contribution is 6.35. The number of nitrogens with zero attached hydrogens (tertiary/aromatic N) is 1. The van der Waals surface area contributed by atoms with Gasteiger partial charge in [-0.3, -0.25) is 0 Å². The van der Waals surface area contributed by atoms with Crippen molar-refractivity contribution in [2.24, 2.45) is 0 Å². The fraction of sp³-hybridized carbons (Fsp3) is 0.188. The van der Waals surface area contributed by atoms with Gasteiger partial charge in [-0.1, -0.05) is 35.3 Å². The molecule has 0 saturated carbocycles. The van der Waals surface area contributed by atoms with Crippen LogP contribution in [-0.4, -0.2) is 0 Å². The lowest BCUT2D eigenvalue weighted by Crippen LogP contribution is -2.18. The summed E-state index contributed by atoms with van der Waals surface area (Å²) in [7, 11) is 0. The van der Waals surface area contributed by atoms with Crippen LogP contribution in [-0.2, 0) is 6.54 Å². The number of nitriles is 1. The SMILES string of the molecule is CC(NCc1cccc(C#N)c1)c1cc(F)c(Cl)cc1Cl. The van der Waals surface area contributed by atoms with Gasteiger partial charge < -0.3 is 5.32 Å². The Morgan fingerprint density at radius 3 is 2.71 bits per heavy atom.